The number of hydrogen-bond donors (Lipinski definition) is 7. The Hall–Kier alpha value is -5.07. The van der Waals surface area contributed by atoms with Crippen molar-refractivity contribution in [2.24, 2.45) is 0 Å². The molecule has 0 aliphatic carbocycles. The quantitative estimate of drug-likeness (QED) is 0.146. The standard InChI is InChI=1S/C34H38N4O6.C2H4O2/c1-15-21(7-9-31(41)42)27-14-28-22(8-10-32(43)44)16(2)24(36-28)12-29-34(20(6)40)18(4)26(38-29)13-30-33(19(5)39)17(3)25(37-30)11-23(15)35-27;1-2(3)4/h11-14,19-20,35,38-40H,7-10H2,1-6H3,(H,41,42)(H,43,44);1H3,(H,3,4). The fourth-order valence-electron chi connectivity index (χ4n) is 6.31. The van der Waals surface area contributed by atoms with Crippen LogP contribution < -0.4 is 0 Å². The highest BCUT2D eigenvalue weighted by atomic mass is 16.4. The Morgan fingerprint density at radius 3 is 1.73 bits per heavy atom. The third kappa shape index (κ3) is 7.56. The van der Waals surface area contributed by atoms with Crippen LogP contribution in [0.1, 0.15) is 105 Å². The first kappa shape index (κ1) is 35.8. The van der Waals surface area contributed by atoms with E-state index in [0.29, 0.717) is 44.9 Å². The molecule has 2 atom stereocenters. The second-order valence-corrected chi connectivity index (χ2v) is 12.2. The van der Waals surface area contributed by atoms with Crippen LogP contribution in [0.25, 0.3) is 44.4 Å². The van der Waals surface area contributed by atoms with Crippen molar-refractivity contribution < 1.29 is 39.9 Å². The smallest absolute Gasteiger partial charge is 0.303 e. The largest absolute Gasteiger partial charge is 0.481 e. The minimum Gasteiger partial charge on any atom is -0.481 e. The molecule has 0 saturated heterocycles. The summed E-state index contributed by atoms with van der Waals surface area (Å²) in [6.07, 6.45) is -1.16. The summed E-state index contributed by atoms with van der Waals surface area (Å²) in [6.45, 7) is 12.2. The summed E-state index contributed by atoms with van der Waals surface area (Å²) in [6, 6.07) is 7.51. The molecule has 0 radical (unpaired) electrons. The molecule has 2 aliphatic heterocycles. The summed E-state index contributed by atoms with van der Waals surface area (Å²) in [5.41, 5.74) is 11.7. The van der Waals surface area contributed by atoms with Gasteiger partial charge in [-0.25, -0.2) is 9.97 Å². The second kappa shape index (κ2) is 14.4. The van der Waals surface area contributed by atoms with E-state index in [0.717, 1.165) is 51.4 Å². The summed E-state index contributed by atoms with van der Waals surface area (Å²) < 4.78 is 0. The average Bonchev–Trinajstić information content (AvgIpc) is 3.63. The highest BCUT2D eigenvalue weighted by Gasteiger charge is 2.23. The number of aliphatic hydroxyl groups excluding tert-OH is 2. The van der Waals surface area contributed by atoms with E-state index in [2.05, 4.69) is 9.97 Å². The minimum absolute atomic E-state index is 0.0628. The molecular formula is C36H42N4O8. The van der Waals surface area contributed by atoms with Gasteiger partial charge in [0.2, 0.25) is 0 Å². The van der Waals surface area contributed by atoms with Crippen molar-refractivity contribution in [1.82, 2.24) is 19.9 Å². The number of aryl methyl sites for hydroxylation is 3. The van der Waals surface area contributed by atoms with Crippen LogP contribution in [0.2, 0.25) is 0 Å². The zero-order valence-corrected chi connectivity index (χ0v) is 28.1. The van der Waals surface area contributed by atoms with Crippen LogP contribution in [-0.4, -0.2) is 69.5 Å². The van der Waals surface area contributed by atoms with Crippen LogP contribution in [-0.2, 0) is 20.8 Å². The number of aliphatic hydroxyl groups is 2. The SMILES string of the molecule is CC(=O)O.CC1=C(CCC(=O)O)c2cc3[nH]c(cc4nc(cc5[nH]c(cc1n2)c(C(C)O)c5C)C(C(C)O)=C4C)c(C)c3CCC(=O)O. The topological polar surface area (TPSA) is 210 Å². The summed E-state index contributed by atoms with van der Waals surface area (Å²) >= 11 is 0. The van der Waals surface area contributed by atoms with E-state index in [4.69, 9.17) is 19.9 Å². The molecule has 3 aromatic rings. The van der Waals surface area contributed by atoms with Gasteiger partial charge in [-0.1, -0.05) is 0 Å². The van der Waals surface area contributed by atoms with Crippen LogP contribution in [0.3, 0.4) is 0 Å². The first-order chi connectivity index (χ1) is 22.5. The second-order valence-electron chi connectivity index (χ2n) is 12.2. The van der Waals surface area contributed by atoms with E-state index in [1.807, 2.05) is 52.0 Å². The van der Waals surface area contributed by atoms with Crippen LogP contribution in [0, 0.1) is 13.8 Å². The van der Waals surface area contributed by atoms with Gasteiger partial charge in [0.25, 0.3) is 5.97 Å². The molecule has 7 N–H and O–H groups in total. The molecule has 48 heavy (non-hydrogen) atoms. The van der Waals surface area contributed by atoms with Gasteiger partial charge in [-0.3, -0.25) is 14.4 Å². The van der Waals surface area contributed by atoms with Gasteiger partial charge < -0.3 is 35.5 Å². The maximum absolute atomic E-state index is 11.6. The molecule has 0 saturated carbocycles. The van der Waals surface area contributed by atoms with E-state index in [9.17, 15) is 30.0 Å². The number of aliphatic carboxylic acids is 3. The molecule has 12 nitrogen and oxygen atoms in total. The third-order valence-electron chi connectivity index (χ3n) is 8.65. The first-order valence-electron chi connectivity index (χ1n) is 15.6. The molecule has 254 valence electrons. The van der Waals surface area contributed by atoms with E-state index in [1.165, 1.54) is 0 Å². The zero-order chi connectivity index (χ0) is 35.6. The maximum atomic E-state index is 11.6. The van der Waals surface area contributed by atoms with E-state index in [-0.39, 0.29) is 25.7 Å². The third-order valence-corrected chi connectivity index (χ3v) is 8.65. The van der Waals surface area contributed by atoms with Crippen LogP contribution in [0.4, 0.5) is 0 Å². The number of nitrogens with one attached hydrogen (secondary N) is 2. The summed E-state index contributed by atoms with van der Waals surface area (Å²) in [7, 11) is 0. The predicted octanol–water partition coefficient (Wildman–Crippen LogP) is 6.20. The average molecular weight is 659 g/mol. The van der Waals surface area contributed by atoms with Crippen molar-refractivity contribution in [3.05, 3.63) is 69.3 Å². The summed E-state index contributed by atoms with van der Waals surface area (Å²) in [5, 5.41) is 47.9. The van der Waals surface area contributed by atoms with Crippen LogP contribution >= 0.6 is 0 Å². The lowest BCUT2D eigenvalue weighted by Crippen LogP contribution is -2.02. The molecule has 0 amide bonds. The number of allylic oxidation sites excluding steroid dienone is 3. The summed E-state index contributed by atoms with van der Waals surface area (Å²) in [5.74, 6) is -2.66. The van der Waals surface area contributed by atoms with Gasteiger partial charge in [0.05, 0.1) is 35.0 Å². The Morgan fingerprint density at radius 1 is 0.667 bits per heavy atom. The Morgan fingerprint density at radius 2 is 1.15 bits per heavy atom. The van der Waals surface area contributed by atoms with Crippen molar-refractivity contribution in [2.45, 2.75) is 86.4 Å². The minimum atomic E-state index is -0.917. The van der Waals surface area contributed by atoms with E-state index in [1.54, 1.807) is 13.8 Å². The Bertz CT molecular complexity index is 2020. The summed E-state index contributed by atoms with van der Waals surface area (Å²) in [4.78, 5) is 48.8. The molecule has 0 spiro atoms. The molecule has 3 aromatic heterocycles. The van der Waals surface area contributed by atoms with Gasteiger partial charge in [-0.2, -0.15) is 0 Å². The Balaban J connectivity index is 0.00000123. The monoisotopic (exact) mass is 658 g/mol. The Labute approximate surface area is 277 Å². The number of rotatable bonds is 8. The zero-order valence-electron chi connectivity index (χ0n) is 28.1. The highest BCUT2D eigenvalue weighted by molar-refractivity contribution is 5.96. The maximum Gasteiger partial charge on any atom is 0.303 e. The lowest BCUT2D eigenvalue weighted by molar-refractivity contribution is -0.137. The van der Waals surface area contributed by atoms with Gasteiger partial charge in [0.1, 0.15) is 0 Å². The van der Waals surface area contributed by atoms with Crippen molar-refractivity contribution in [2.75, 3.05) is 0 Å². The number of H-pyrrole nitrogens is 2. The van der Waals surface area contributed by atoms with Crippen molar-refractivity contribution in [3.8, 4) is 0 Å². The van der Waals surface area contributed by atoms with Gasteiger partial charge in [0, 0.05) is 53.0 Å². The number of fused-ring (bicyclic) bond motifs is 8. The van der Waals surface area contributed by atoms with Crippen molar-refractivity contribution in [1.29, 1.82) is 0 Å². The van der Waals surface area contributed by atoms with Crippen molar-refractivity contribution in [3.63, 3.8) is 0 Å². The number of carboxylic acid groups (broad SMARTS) is 3. The van der Waals surface area contributed by atoms with E-state index >= 15 is 0 Å². The Kier molecular flexibility index (Phi) is 10.7. The molecular weight excluding hydrogens is 616 g/mol. The molecule has 5 rings (SSSR count). The predicted molar refractivity (Wildman–Crippen MR) is 184 cm³/mol. The molecule has 0 fully saturated rings. The van der Waals surface area contributed by atoms with Gasteiger partial charge >= 0.3 is 11.9 Å². The lowest BCUT2D eigenvalue weighted by Gasteiger charge is -2.07. The number of nitrogens with zero attached hydrogens (tertiary/aromatic N) is 2. The molecule has 2 aliphatic rings. The van der Waals surface area contributed by atoms with E-state index < -0.39 is 30.1 Å². The number of aromatic amines is 2. The molecule has 0 aromatic carbocycles. The lowest BCUT2D eigenvalue weighted by atomic mass is 9.99. The molecule has 5 heterocycles. The molecule has 8 bridgehead atoms. The highest BCUT2D eigenvalue weighted by Crippen LogP contribution is 2.37. The van der Waals surface area contributed by atoms with Gasteiger partial charge in [-0.15, -0.1) is 0 Å². The number of hydrogen-bond acceptors (Lipinski definition) is 7. The first-order valence-corrected chi connectivity index (χ1v) is 15.6. The van der Waals surface area contributed by atoms with Crippen LogP contribution in [0.15, 0.2) is 24.3 Å². The van der Waals surface area contributed by atoms with Crippen LogP contribution in [0.5, 0.6) is 0 Å². The van der Waals surface area contributed by atoms with Gasteiger partial charge in [0.15, 0.2) is 0 Å². The number of carboxylic acids is 3. The number of aromatic nitrogens is 4. The number of carbonyl (C=O) groups is 3. The van der Waals surface area contributed by atoms with Gasteiger partial charge in [-0.05, 0) is 112 Å². The molecule has 2 unspecified atom stereocenters. The molecule has 12 heteroatoms. The fourth-order valence-corrected chi connectivity index (χ4v) is 6.31. The fraction of sp³-hybridized carbons (Fsp3) is 0.361. The van der Waals surface area contributed by atoms with Crippen molar-refractivity contribution >= 4 is 62.3 Å². The normalized spacial score (nSPS) is 14.0.